The van der Waals surface area contributed by atoms with Crippen LogP contribution in [0.15, 0.2) is 54.6 Å². The normalized spacial score (nSPS) is 10.3. The molecule has 0 radical (unpaired) electrons. The molecular weight excluding hydrogens is 220 g/mol. The Morgan fingerprint density at radius 2 is 1.61 bits per heavy atom. The van der Waals surface area contributed by atoms with E-state index < -0.39 is 0 Å². The van der Waals surface area contributed by atoms with Gasteiger partial charge >= 0.3 is 0 Å². The molecule has 0 amide bonds. The average Bonchev–Trinajstić information content (AvgIpc) is 2.45. The van der Waals surface area contributed by atoms with Crippen molar-refractivity contribution in [2.75, 3.05) is 0 Å². The van der Waals surface area contributed by atoms with Crippen LogP contribution >= 0.6 is 0 Å². The lowest BCUT2D eigenvalue weighted by molar-refractivity contribution is 0.0982. The molecule has 1 nitrogen and oxygen atoms in total. The highest BCUT2D eigenvalue weighted by Crippen LogP contribution is 2.13. The van der Waals surface area contributed by atoms with Crippen LogP contribution in [0.1, 0.15) is 34.8 Å². The Bertz CT molecular complexity index is 514. The van der Waals surface area contributed by atoms with E-state index in [0.717, 1.165) is 24.0 Å². The Morgan fingerprint density at radius 3 is 2.33 bits per heavy atom. The molecule has 0 heterocycles. The fraction of sp³-hybridized carbons (Fsp3) is 0.235. The van der Waals surface area contributed by atoms with Crippen LogP contribution in [0.5, 0.6) is 0 Å². The van der Waals surface area contributed by atoms with Gasteiger partial charge in [0.15, 0.2) is 5.78 Å². The molecule has 1 heteroatoms. The van der Waals surface area contributed by atoms with E-state index in [1.54, 1.807) is 0 Å². The van der Waals surface area contributed by atoms with Crippen LogP contribution in [-0.4, -0.2) is 5.78 Å². The van der Waals surface area contributed by atoms with E-state index in [2.05, 4.69) is 19.1 Å². The summed E-state index contributed by atoms with van der Waals surface area (Å²) in [6.45, 7) is 2.09. The lowest BCUT2D eigenvalue weighted by atomic mass is 9.97. The molecule has 0 bridgehead atoms. The van der Waals surface area contributed by atoms with Crippen LogP contribution in [-0.2, 0) is 12.8 Å². The summed E-state index contributed by atoms with van der Waals surface area (Å²) in [7, 11) is 0. The van der Waals surface area contributed by atoms with E-state index in [4.69, 9.17) is 0 Å². The van der Waals surface area contributed by atoms with Gasteiger partial charge < -0.3 is 0 Å². The summed E-state index contributed by atoms with van der Waals surface area (Å²) < 4.78 is 0. The zero-order chi connectivity index (χ0) is 12.8. The fourth-order valence-electron chi connectivity index (χ4n) is 2.14. The predicted molar refractivity (Wildman–Crippen MR) is 74.9 cm³/mol. The number of Topliss-reactive ketones (excluding diaryl/α,β-unsaturated/α-hetero) is 1. The molecule has 0 aromatic heterocycles. The SMILES string of the molecule is CCc1ccccc1C(=O)CCc1ccccc1. The van der Waals surface area contributed by atoms with Crippen molar-refractivity contribution < 1.29 is 4.79 Å². The predicted octanol–water partition coefficient (Wildman–Crippen LogP) is 4.06. The molecule has 2 rings (SSSR count). The largest absolute Gasteiger partial charge is 0.294 e. The molecule has 0 saturated carbocycles. The molecule has 2 aromatic carbocycles. The molecule has 18 heavy (non-hydrogen) atoms. The van der Waals surface area contributed by atoms with Crippen molar-refractivity contribution in [1.29, 1.82) is 0 Å². The molecule has 0 saturated heterocycles. The highest BCUT2D eigenvalue weighted by atomic mass is 16.1. The van der Waals surface area contributed by atoms with Crippen molar-refractivity contribution >= 4 is 5.78 Å². The van der Waals surface area contributed by atoms with Gasteiger partial charge in [-0.05, 0) is 24.0 Å². The number of hydrogen-bond donors (Lipinski definition) is 0. The Morgan fingerprint density at radius 1 is 0.944 bits per heavy atom. The number of hydrogen-bond acceptors (Lipinski definition) is 1. The van der Waals surface area contributed by atoms with Gasteiger partial charge in [0, 0.05) is 12.0 Å². The Kier molecular flexibility index (Phi) is 4.30. The second kappa shape index (κ2) is 6.15. The van der Waals surface area contributed by atoms with E-state index >= 15 is 0 Å². The molecule has 0 aliphatic rings. The van der Waals surface area contributed by atoms with E-state index in [0.29, 0.717) is 6.42 Å². The maximum absolute atomic E-state index is 12.2. The van der Waals surface area contributed by atoms with Crippen LogP contribution in [0.4, 0.5) is 0 Å². The lowest BCUT2D eigenvalue weighted by Gasteiger charge is -2.06. The first kappa shape index (κ1) is 12.6. The molecule has 0 spiro atoms. The minimum absolute atomic E-state index is 0.247. The van der Waals surface area contributed by atoms with Crippen LogP contribution in [0.25, 0.3) is 0 Å². The minimum Gasteiger partial charge on any atom is -0.294 e. The van der Waals surface area contributed by atoms with Gasteiger partial charge in [-0.15, -0.1) is 0 Å². The second-order valence-corrected chi connectivity index (χ2v) is 4.42. The number of carbonyl (C=O) groups excluding carboxylic acids is 1. The van der Waals surface area contributed by atoms with Crippen molar-refractivity contribution in [3.8, 4) is 0 Å². The third-order valence-electron chi connectivity index (χ3n) is 3.18. The minimum atomic E-state index is 0.247. The number of ketones is 1. The third kappa shape index (κ3) is 3.07. The van der Waals surface area contributed by atoms with E-state index in [9.17, 15) is 4.79 Å². The average molecular weight is 238 g/mol. The van der Waals surface area contributed by atoms with Gasteiger partial charge in [0.05, 0.1) is 0 Å². The van der Waals surface area contributed by atoms with Crippen LogP contribution < -0.4 is 0 Å². The van der Waals surface area contributed by atoms with Crippen molar-refractivity contribution in [3.63, 3.8) is 0 Å². The maximum atomic E-state index is 12.2. The van der Waals surface area contributed by atoms with E-state index in [-0.39, 0.29) is 5.78 Å². The third-order valence-corrected chi connectivity index (χ3v) is 3.18. The quantitative estimate of drug-likeness (QED) is 0.718. The van der Waals surface area contributed by atoms with Gasteiger partial charge in [-0.3, -0.25) is 4.79 Å². The van der Waals surface area contributed by atoms with E-state index in [1.165, 1.54) is 5.56 Å². The zero-order valence-electron chi connectivity index (χ0n) is 10.7. The number of rotatable bonds is 5. The molecule has 92 valence electrons. The van der Waals surface area contributed by atoms with Gasteiger partial charge in [0.2, 0.25) is 0 Å². The monoisotopic (exact) mass is 238 g/mol. The van der Waals surface area contributed by atoms with Gasteiger partial charge in [-0.2, -0.15) is 0 Å². The molecule has 0 unspecified atom stereocenters. The highest BCUT2D eigenvalue weighted by Gasteiger charge is 2.09. The van der Waals surface area contributed by atoms with Crippen LogP contribution in [0.2, 0.25) is 0 Å². The summed E-state index contributed by atoms with van der Waals surface area (Å²) in [5.41, 5.74) is 3.26. The maximum Gasteiger partial charge on any atom is 0.163 e. The first-order valence-corrected chi connectivity index (χ1v) is 6.46. The van der Waals surface area contributed by atoms with E-state index in [1.807, 2.05) is 42.5 Å². The summed E-state index contributed by atoms with van der Waals surface area (Å²) in [6, 6.07) is 18.1. The summed E-state index contributed by atoms with van der Waals surface area (Å²) in [5.74, 6) is 0.247. The van der Waals surface area contributed by atoms with Crippen molar-refractivity contribution in [2.45, 2.75) is 26.2 Å². The Labute approximate surface area is 108 Å². The molecule has 2 aromatic rings. The summed E-state index contributed by atoms with van der Waals surface area (Å²) >= 11 is 0. The Balaban J connectivity index is 2.04. The highest BCUT2D eigenvalue weighted by molar-refractivity contribution is 5.97. The zero-order valence-corrected chi connectivity index (χ0v) is 10.7. The first-order chi connectivity index (χ1) is 8.81. The van der Waals surface area contributed by atoms with Crippen molar-refractivity contribution in [2.24, 2.45) is 0 Å². The van der Waals surface area contributed by atoms with Gasteiger partial charge in [0.1, 0.15) is 0 Å². The Hall–Kier alpha value is -1.89. The second-order valence-electron chi connectivity index (χ2n) is 4.42. The molecule has 0 aliphatic heterocycles. The van der Waals surface area contributed by atoms with Crippen molar-refractivity contribution in [3.05, 3.63) is 71.3 Å². The van der Waals surface area contributed by atoms with Crippen molar-refractivity contribution in [1.82, 2.24) is 0 Å². The molecule has 0 fully saturated rings. The molecule has 0 aliphatic carbocycles. The van der Waals surface area contributed by atoms with Gasteiger partial charge in [0.25, 0.3) is 0 Å². The summed E-state index contributed by atoms with van der Waals surface area (Å²) in [5, 5.41) is 0. The topological polar surface area (TPSA) is 17.1 Å². The number of aryl methyl sites for hydroxylation is 2. The summed E-state index contributed by atoms with van der Waals surface area (Å²) in [6.07, 6.45) is 2.31. The van der Waals surface area contributed by atoms with Gasteiger partial charge in [-0.1, -0.05) is 61.5 Å². The number of benzene rings is 2. The fourth-order valence-corrected chi connectivity index (χ4v) is 2.14. The first-order valence-electron chi connectivity index (χ1n) is 6.46. The molecule has 0 N–H and O–H groups in total. The van der Waals surface area contributed by atoms with Gasteiger partial charge in [-0.25, -0.2) is 0 Å². The van der Waals surface area contributed by atoms with Crippen LogP contribution in [0.3, 0.4) is 0 Å². The lowest BCUT2D eigenvalue weighted by Crippen LogP contribution is -2.04. The molecular formula is C17H18O. The smallest absolute Gasteiger partial charge is 0.163 e. The number of carbonyl (C=O) groups is 1. The van der Waals surface area contributed by atoms with Crippen LogP contribution in [0, 0.1) is 0 Å². The standard InChI is InChI=1S/C17H18O/c1-2-15-10-6-7-11-16(15)17(18)13-12-14-8-4-3-5-9-14/h3-11H,2,12-13H2,1H3. The molecule has 0 atom stereocenters. The summed E-state index contributed by atoms with van der Waals surface area (Å²) in [4.78, 5) is 12.2.